The Morgan fingerprint density at radius 3 is 2.58 bits per heavy atom. The molecule has 6 nitrogen and oxygen atoms in total. The van der Waals surface area contributed by atoms with Crippen molar-refractivity contribution < 1.29 is 22.0 Å². The van der Waals surface area contributed by atoms with E-state index in [-0.39, 0.29) is 17.4 Å². The lowest BCUT2D eigenvalue weighted by atomic mass is 10.3. The number of hydrogen-bond acceptors (Lipinski definition) is 5. The highest BCUT2D eigenvalue weighted by Gasteiger charge is 2.25. The first kappa shape index (κ1) is 13.6. The maximum Gasteiger partial charge on any atom is 0.276 e. The first-order valence-electron chi connectivity index (χ1n) is 5.49. The van der Waals surface area contributed by atoms with E-state index < -0.39 is 10.0 Å². The number of nitrogens with zero attached hydrogens (tertiary/aromatic N) is 1. The molecule has 0 saturated heterocycles. The van der Waals surface area contributed by atoms with Crippen LogP contribution in [0.15, 0.2) is 38.4 Å². The Labute approximate surface area is 110 Å². The fourth-order valence-corrected chi connectivity index (χ4v) is 2.65. The number of carbonyl (C=O) groups excluding carboxylic acids is 1. The van der Waals surface area contributed by atoms with Gasteiger partial charge in [0.05, 0.1) is 6.26 Å². The van der Waals surface area contributed by atoms with Crippen LogP contribution in [0.2, 0.25) is 0 Å². The number of carbonyl (C=O) groups is 1. The van der Waals surface area contributed by atoms with Crippen LogP contribution in [-0.4, -0.2) is 26.1 Å². The summed E-state index contributed by atoms with van der Waals surface area (Å²) >= 11 is 0. The molecule has 0 aromatic carbocycles. The normalized spacial score (nSPS) is 11.9. The van der Waals surface area contributed by atoms with E-state index in [0.29, 0.717) is 12.0 Å². The van der Waals surface area contributed by atoms with E-state index in [1.165, 1.54) is 25.4 Å². The Morgan fingerprint density at radius 2 is 2.05 bits per heavy atom. The summed E-state index contributed by atoms with van der Waals surface area (Å²) < 4.78 is 35.6. The smallest absolute Gasteiger partial charge is 0.276 e. The molecule has 2 heterocycles. The standard InChI is InChI=1S/C12H13NO5S/c1-9-10(5-6-17-9)7-13(2)19(15,16)12-4-3-11(8-14)18-12/h3-6,8H,7H2,1-2H3. The van der Waals surface area contributed by atoms with Gasteiger partial charge >= 0.3 is 0 Å². The average molecular weight is 283 g/mol. The number of furan rings is 2. The summed E-state index contributed by atoms with van der Waals surface area (Å²) in [6.07, 6.45) is 1.96. The number of sulfonamides is 1. The lowest BCUT2D eigenvalue weighted by Crippen LogP contribution is -2.26. The van der Waals surface area contributed by atoms with Crippen LogP contribution >= 0.6 is 0 Å². The fraction of sp³-hybridized carbons (Fsp3) is 0.250. The van der Waals surface area contributed by atoms with Crippen molar-refractivity contribution in [1.82, 2.24) is 4.31 Å². The predicted molar refractivity (Wildman–Crippen MR) is 66.2 cm³/mol. The summed E-state index contributed by atoms with van der Waals surface area (Å²) in [7, 11) is -2.32. The number of rotatable bonds is 5. The van der Waals surface area contributed by atoms with E-state index >= 15 is 0 Å². The van der Waals surface area contributed by atoms with Gasteiger partial charge in [-0.3, -0.25) is 4.79 Å². The van der Waals surface area contributed by atoms with Gasteiger partial charge in [-0.25, -0.2) is 8.42 Å². The van der Waals surface area contributed by atoms with E-state index in [4.69, 9.17) is 8.83 Å². The molecule has 2 aromatic heterocycles. The third kappa shape index (κ3) is 2.61. The molecule has 7 heteroatoms. The molecule has 0 radical (unpaired) electrons. The van der Waals surface area contributed by atoms with Crippen molar-refractivity contribution in [2.75, 3.05) is 7.05 Å². The molecule has 0 saturated carbocycles. The molecule has 102 valence electrons. The molecule has 0 spiro atoms. The van der Waals surface area contributed by atoms with Crippen LogP contribution in [0.25, 0.3) is 0 Å². The number of aldehydes is 1. The third-order valence-corrected chi connectivity index (χ3v) is 4.42. The molecule has 2 aromatic rings. The lowest BCUT2D eigenvalue weighted by molar-refractivity contribution is 0.109. The van der Waals surface area contributed by atoms with Crippen molar-refractivity contribution in [3.8, 4) is 0 Å². The van der Waals surface area contributed by atoms with E-state index in [1.807, 2.05) is 0 Å². The van der Waals surface area contributed by atoms with Gasteiger partial charge in [-0.15, -0.1) is 0 Å². The summed E-state index contributed by atoms with van der Waals surface area (Å²) in [4.78, 5) is 10.5. The molecule has 0 bridgehead atoms. The number of hydrogen-bond donors (Lipinski definition) is 0. The van der Waals surface area contributed by atoms with Crippen LogP contribution in [0.1, 0.15) is 21.9 Å². The van der Waals surface area contributed by atoms with Gasteiger partial charge in [0.2, 0.25) is 5.09 Å². The first-order valence-corrected chi connectivity index (χ1v) is 6.93. The Hall–Kier alpha value is -1.86. The molecular weight excluding hydrogens is 270 g/mol. The van der Waals surface area contributed by atoms with Crippen LogP contribution in [0.3, 0.4) is 0 Å². The van der Waals surface area contributed by atoms with Crippen LogP contribution in [-0.2, 0) is 16.6 Å². The van der Waals surface area contributed by atoms with Crippen molar-refractivity contribution >= 4 is 16.3 Å². The third-order valence-electron chi connectivity index (χ3n) is 2.74. The Balaban J connectivity index is 2.24. The first-order chi connectivity index (χ1) is 8.95. The van der Waals surface area contributed by atoms with Crippen molar-refractivity contribution in [3.05, 3.63) is 41.5 Å². The van der Waals surface area contributed by atoms with Gasteiger partial charge in [-0.1, -0.05) is 0 Å². The zero-order chi connectivity index (χ0) is 14.0. The molecule has 0 atom stereocenters. The monoisotopic (exact) mass is 283 g/mol. The van der Waals surface area contributed by atoms with Crippen molar-refractivity contribution in [2.45, 2.75) is 18.6 Å². The van der Waals surface area contributed by atoms with Gasteiger partial charge in [-0.05, 0) is 25.1 Å². The van der Waals surface area contributed by atoms with Crippen LogP contribution in [0.4, 0.5) is 0 Å². The van der Waals surface area contributed by atoms with Gasteiger partial charge in [-0.2, -0.15) is 4.31 Å². The Kier molecular flexibility index (Phi) is 3.59. The van der Waals surface area contributed by atoms with Gasteiger partial charge in [0.15, 0.2) is 12.0 Å². The van der Waals surface area contributed by atoms with Crippen molar-refractivity contribution in [1.29, 1.82) is 0 Å². The molecule has 0 aliphatic rings. The summed E-state index contributed by atoms with van der Waals surface area (Å²) in [6, 6.07) is 4.29. The Bertz CT molecular complexity index is 683. The molecule has 0 amide bonds. The number of aryl methyl sites for hydroxylation is 1. The summed E-state index contributed by atoms with van der Waals surface area (Å²) in [5.41, 5.74) is 0.772. The summed E-state index contributed by atoms with van der Waals surface area (Å²) in [6.45, 7) is 1.93. The molecule has 0 N–H and O–H groups in total. The predicted octanol–water partition coefficient (Wildman–Crippen LogP) is 1.81. The molecule has 0 aliphatic heterocycles. The van der Waals surface area contributed by atoms with E-state index in [1.54, 1.807) is 13.0 Å². The minimum atomic E-state index is -3.75. The van der Waals surface area contributed by atoms with Crippen LogP contribution < -0.4 is 0 Å². The zero-order valence-corrected chi connectivity index (χ0v) is 11.3. The summed E-state index contributed by atoms with van der Waals surface area (Å²) in [5.74, 6) is 0.640. The van der Waals surface area contributed by atoms with E-state index in [0.717, 1.165) is 9.87 Å². The second-order valence-corrected chi connectivity index (χ2v) is 6.01. The van der Waals surface area contributed by atoms with Gasteiger partial charge in [0.25, 0.3) is 10.0 Å². The van der Waals surface area contributed by atoms with Gasteiger partial charge in [0, 0.05) is 19.2 Å². The van der Waals surface area contributed by atoms with Crippen molar-refractivity contribution in [2.24, 2.45) is 0 Å². The minimum Gasteiger partial charge on any atom is -0.469 e. The van der Waals surface area contributed by atoms with Gasteiger partial charge < -0.3 is 8.83 Å². The van der Waals surface area contributed by atoms with E-state index in [9.17, 15) is 13.2 Å². The molecular formula is C12H13NO5S. The quantitative estimate of drug-likeness (QED) is 0.782. The largest absolute Gasteiger partial charge is 0.469 e. The highest BCUT2D eigenvalue weighted by molar-refractivity contribution is 7.88. The Morgan fingerprint density at radius 1 is 1.32 bits per heavy atom. The molecule has 0 unspecified atom stereocenters. The molecule has 19 heavy (non-hydrogen) atoms. The second kappa shape index (κ2) is 5.02. The highest BCUT2D eigenvalue weighted by atomic mass is 32.2. The topological polar surface area (TPSA) is 80.7 Å². The highest BCUT2D eigenvalue weighted by Crippen LogP contribution is 2.20. The average Bonchev–Trinajstić information content (AvgIpc) is 2.99. The summed E-state index contributed by atoms with van der Waals surface area (Å²) in [5, 5.41) is -0.252. The molecule has 0 aliphatic carbocycles. The zero-order valence-electron chi connectivity index (χ0n) is 10.5. The van der Waals surface area contributed by atoms with Crippen molar-refractivity contribution in [3.63, 3.8) is 0 Å². The second-order valence-electron chi connectivity index (χ2n) is 4.04. The van der Waals surface area contributed by atoms with Crippen LogP contribution in [0, 0.1) is 6.92 Å². The molecule has 0 fully saturated rings. The fourth-order valence-electron chi connectivity index (χ4n) is 1.59. The molecule has 2 rings (SSSR count). The van der Waals surface area contributed by atoms with Gasteiger partial charge in [0.1, 0.15) is 5.76 Å². The SMILES string of the molecule is Cc1occc1CN(C)S(=O)(=O)c1ccc(C=O)o1. The van der Waals surface area contributed by atoms with Crippen LogP contribution in [0.5, 0.6) is 0 Å². The van der Waals surface area contributed by atoms with E-state index in [2.05, 4.69) is 0 Å². The lowest BCUT2D eigenvalue weighted by Gasteiger charge is -2.14. The maximum atomic E-state index is 12.2. The maximum absolute atomic E-state index is 12.2. The minimum absolute atomic E-state index is 0.0218.